The molecule has 33 heavy (non-hydrogen) atoms. The van der Waals surface area contributed by atoms with Gasteiger partial charge >= 0.3 is 6.01 Å². The van der Waals surface area contributed by atoms with Crippen molar-refractivity contribution >= 4 is 5.91 Å². The zero-order valence-electron chi connectivity index (χ0n) is 18.6. The number of ether oxygens (including phenoxy) is 1. The van der Waals surface area contributed by atoms with E-state index in [0.29, 0.717) is 23.9 Å². The van der Waals surface area contributed by atoms with Crippen molar-refractivity contribution in [3.63, 3.8) is 0 Å². The second-order valence-corrected chi connectivity index (χ2v) is 9.36. The predicted octanol–water partition coefficient (Wildman–Crippen LogP) is 4.25. The molecule has 168 valence electrons. The lowest BCUT2D eigenvalue weighted by Gasteiger charge is -2.33. The molecule has 6 heteroatoms. The van der Waals surface area contributed by atoms with Gasteiger partial charge in [-0.15, -0.1) is 0 Å². The number of nitrogens with zero attached hydrogens (tertiary/aromatic N) is 4. The van der Waals surface area contributed by atoms with E-state index in [1.54, 1.807) is 18.5 Å². The minimum absolute atomic E-state index is 0.291. The average molecular weight is 441 g/mol. The highest BCUT2D eigenvalue weighted by atomic mass is 16.5. The summed E-state index contributed by atoms with van der Waals surface area (Å²) in [4.78, 5) is 26.6. The maximum absolute atomic E-state index is 13.7. The number of amides is 1. The van der Waals surface area contributed by atoms with E-state index in [0.717, 1.165) is 51.1 Å². The largest absolute Gasteiger partial charge is 0.424 e. The Balaban J connectivity index is 1.17. The molecule has 3 aromatic rings. The van der Waals surface area contributed by atoms with E-state index < -0.39 is 0 Å². The number of likely N-dealkylation sites (tertiary alicyclic amines) is 1. The minimum atomic E-state index is -0.297. The van der Waals surface area contributed by atoms with Crippen LogP contribution in [-0.2, 0) is 11.2 Å². The van der Waals surface area contributed by atoms with Gasteiger partial charge in [-0.3, -0.25) is 9.69 Å². The SMILES string of the molecule is O=C1N(CCc2ccccc2)C[C@@H]2C[C@@H](c3ccc(Oc4ncccn4)cc3)N3CCC[C@@]123. The fourth-order valence-corrected chi connectivity index (χ4v) is 6.20. The van der Waals surface area contributed by atoms with Crippen LogP contribution in [-0.4, -0.2) is 50.8 Å². The molecule has 2 aromatic carbocycles. The maximum atomic E-state index is 13.7. The number of benzene rings is 2. The molecular formula is C27H28N4O2. The van der Waals surface area contributed by atoms with Crippen molar-refractivity contribution in [3.8, 4) is 11.8 Å². The highest BCUT2D eigenvalue weighted by Crippen LogP contribution is 2.56. The van der Waals surface area contributed by atoms with Crippen LogP contribution in [0.4, 0.5) is 0 Å². The third-order valence-corrected chi connectivity index (χ3v) is 7.66. The molecule has 0 bridgehead atoms. The van der Waals surface area contributed by atoms with E-state index in [4.69, 9.17) is 4.74 Å². The molecule has 1 amide bonds. The molecule has 0 saturated carbocycles. The summed E-state index contributed by atoms with van der Waals surface area (Å²) in [7, 11) is 0. The second-order valence-electron chi connectivity index (χ2n) is 9.36. The van der Waals surface area contributed by atoms with Gasteiger partial charge in [-0.25, -0.2) is 9.97 Å². The van der Waals surface area contributed by atoms with Crippen molar-refractivity contribution < 1.29 is 9.53 Å². The summed E-state index contributed by atoms with van der Waals surface area (Å²) in [5, 5.41) is 0. The van der Waals surface area contributed by atoms with E-state index in [2.05, 4.69) is 56.2 Å². The number of hydrogen-bond acceptors (Lipinski definition) is 5. The Morgan fingerprint density at radius 1 is 1.00 bits per heavy atom. The van der Waals surface area contributed by atoms with Crippen LogP contribution in [0, 0.1) is 5.92 Å². The summed E-state index contributed by atoms with van der Waals surface area (Å²) >= 11 is 0. The van der Waals surface area contributed by atoms with Gasteiger partial charge in [0.15, 0.2) is 0 Å². The first-order valence-corrected chi connectivity index (χ1v) is 11.9. The van der Waals surface area contributed by atoms with Gasteiger partial charge < -0.3 is 9.64 Å². The summed E-state index contributed by atoms with van der Waals surface area (Å²) in [6, 6.07) is 21.1. The molecule has 1 aromatic heterocycles. The first kappa shape index (κ1) is 20.4. The van der Waals surface area contributed by atoms with E-state index in [9.17, 15) is 4.79 Å². The smallest absolute Gasteiger partial charge is 0.321 e. The van der Waals surface area contributed by atoms with Gasteiger partial charge in [-0.2, -0.15) is 0 Å². The zero-order valence-corrected chi connectivity index (χ0v) is 18.6. The van der Waals surface area contributed by atoms with Crippen LogP contribution in [0.1, 0.15) is 36.4 Å². The first-order valence-electron chi connectivity index (χ1n) is 11.9. The fourth-order valence-electron chi connectivity index (χ4n) is 6.20. The van der Waals surface area contributed by atoms with Crippen molar-refractivity contribution in [2.24, 2.45) is 5.92 Å². The zero-order chi connectivity index (χ0) is 22.3. The Hall–Kier alpha value is -3.25. The Morgan fingerprint density at radius 3 is 2.58 bits per heavy atom. The van der Waals surface area contributed by atoms with Gasteiger partial charge in [0.05, 0.1) is 0 Å². The molecule has 0 unspecified atom stereocenters. The molecule has 4 heterocycles. The lowest BCUT2D eigenvalue weighted by atomic mass is 9.85. The van der Waals surface area contributed by atoms with Crippen LogP contribution in [0.3, 0.4) is 0 Å². The standard InChI is InChI=1S/C27H28N4O2/c32-25-27-13-4-16-31(27)24(18-22(27)19-30(25)17-12-20-6-2-1-3-7-20)21-8-10-23(11-9-21)33-26-28-14-5-15-29-26/h1-3,5-11,14-15,22,24H,4,12-13,16-19H2/t22-,24-,27-/m0/s1. The van der Waals surface area contributed by atoms with E-state index in [1.807, 2.05) is 18.2 Å². The number of hydrogen-bond donors (Lipinski definition) is 0. The van der Waals surface area contributed by atoms with E-state index >= 15 is 0 Å². The van der Waals surface area contributed by atoms with Crippen molar-refractivity contribution in [2.75, 3.05) is 19.6 Å². The summed E-state index contributed by atoms with van der Waals surface area (Å²) in [6.07, 6.45) is 7.38. The molecule has 0 aliphatic carbocycles. The van der Waals surface area contributed by atoms with Gasteiger partial charge in [-0.05, 0) is 61.6 Å². The van der Waals surface area contributed by atoms with Gasteiger partial charge in [0.2, 0.25) is 5.91 Å². The topological polar surface area (TPSA) is 58.6 Å². The third-order valence-electron chi connectivity index (χ3n) is 7.66. The molecular weight excluding hydrogens is 412 g/mol. The van der Waals surface area contributed by atoms with Crippen LogP contribution >= 0.6 is 0 Å². The Labute approximate surface area is 194 Å². The molecule has 6 rings (SSSR count). The Morgan fingerprint density at radius 2 is 1.79 bits per heavy atom. The Bertz CT molecular complexity index is 1120. The molecule has 3 atom stereocenters. The lowest BCUT2D eigenvalue weighted by Crippen LogP contribution is -2.49. The molecule has 0 radical (unpaired) electrons. The van der Waals surface area contributed by atoms with Crippen LogP contribution in [0.15, 0.2) is 73.1 Å². The van der Waals surface area contributed by atoms with Crippen molar-refractivity contribution in [3.05, 3.63) is 84.2 Å². The molecule has 3 aliphatic heterocycles. The highest BCUT2D eigenvalue weighted by Gasteiger charge is 2.64. The van der Waals surface area contributed by atoms with E-state index in [-0.39, 0.29) is 5.54 Å². The van der Waals surface area contributed by atoms with Crippen LogP contribution < -0.4 is 4.74 Å². The fraction of sp³-hybridized carbons (Fsp3) is 0.370. The molecule has 0 N–H and O–H groups in total. The monoisotopic (exact) mass is 440 g/mol. The van der Waals surface area contributed by atoms with Gasteiger partial charge in [0, 0.05) is 37.4 Å². The second kappa shape index (κ2) is 8.27. The number of rotatable bonds is 6. The summed E-state index contributed by atoms with van der Waals surface area (Å²) in [6.45, 7) is 2.69. The quantitative estimate of drug-likeness (QED) is 0.574. The third kappa shape index (κ3) is 3.49. The summed E-state index contributed by atoms with van der Waals surface area (Å²) in [5.41, 5.74) is 2.26. The van der Waals surface area contributed by atoms with Gasteiger partial charge in [-0.1, -0.05) is 42.5 Å². The van der Waals surface area contributed by atoms with Crippen molar-refractivity contribution in [1.29, 1.82) is 0 Å². The number of aromatic nitrogens is 2. The lowest BCUT2D eigenvalue weighted by molar-refractivity contribution is -0.136. The molecule has 1 spiro atoms. The summed E-state index contributed by atoms with van der Waals surface area (Å²) in [5.74, 6) is 1.48. The normalized spacial score (nSPS) is 26.4. The first-order chi connectivity index (χ1) is 16.2. The maximum Gasteiger partial charge on any atom is 0.321 e. The highest BCUT2D eigenvalue weighted by molar-refractivity contribution is 5.90. The summed E-state index contributed by atoms with van der Waals surface area (Å²) < 4.78 is 5.75. The number of carbonyl (C=O) groups is 1. The van der Waals surface area contributed by atoms with Gasteiger partial charge in [0.1, 0.15) is 11.3 Å². The van der Waals surface area contributed by atoms with Crippen LogP contribution in [0.2, 0.25) is 0 Å². The van der Waals surface area contributed by atoms with Crippen LogP contribution in [0.5, 0.6) is 11.8 Å². The predicted molar refractivity (Wildman–Crippen MR) is 125 cm³/mol. The Kier molecular flexibility index (Phi) is 5.10. The average Bonchev–Trinajstić information content (AvgIpc) is 3.50. The number of carbonyl (C=O) groups excluding carboxylic acids is 1. The molecule has 3 saturated heterocycles. The van der Waals surface area contributed by atoms with Crippen LogP contribution in [0.25, 0.3) is 0 Å². The van der Waals surface area contributed by atoms with Crippen molar-refractivity contribution in [2.45, 2.75) is 37.3 Å². The molecule has 6 nitrogen and oxygen atoms in total. The van der Waals surface area contributed by atoms with Gasteiger partial charge in [0.25, 0.3) is 0 Å². The van der Waals surface area contributed by atoms with Crippen molar-refractivity contribution in [1.82, 2.24) is 19.8 Å². The minimum Gasteiger partial charge on any atom is -0.424 e. The molecule has 3 aliphatic rings. The molecule has 3 fully saturated rings. The van der Waals surface area contributed by atoms with E-state index in [1.165, 1.54) is 11.1 Å².